The Kier molecular flexibility index (Phi) is 6.03. The summed E-state index contributed by atoms with van der Waals surface area (Å²) >= 11 is 0. The number of aryl methyl sites for hydroxylation is 1. The maximum absolute atomic E-state index is 13.8. The monoisotopic (exact) mass is 376 g/mol. The highest BCUT2D eigenvalue weighted by atomic mass is 19.1. The van der Waals surface area contributed by atoms with Crippen LogP contribution in [0, 0.1) is 11.6 Å². The molecule has 2 heterocycles. The number of rotatable bonds is 5. The largest absolute Gasteiger partial charge is 0.357 e. The number of halogens is 2. The molecular weight excluding hydrogens is 350 g/mol. The van der Waals surface area contributed by atoms with Crippen LogP contribution in [0.15, 0.2) is 23.2 Å². The molecule has 6 nitrogen and oxygen atoms in total. The molecule has 0 fully saturated rings. The minimum Gasteiger partial charge on any atom is -0.357 e. The molecule has 1 aliphatic heterocycles. The van der Waals surface area contributed by atoms with E-state index in [1.807, 2.05) is 11.6 Å². The summed E-state index contributed by atoms with van der Waals surface area (Å²) in [7, 11) is 0. The normalized spacial score (nSPS) is 17.1. The van der Waals surface area contributed by atoms with Crippen molar-refractivity contribution >= 4 is 5.96 Å². The van der Waals surface area contributed by atoms with E-state index in [0.29, 0.717) is 25.0 Å². The van der Waals surface area contributed by atoms with Crippen molar-refractivity contribution in [3.8, 4) is 0 Å². The van der Waals surface area contributed by atoms with Crippen molar-refractivity contribution in [3.05, 3.63) is 47.0 Å². The van der Waals surface area contributed by atoms with Gasteiger partial charge < -0.3 is 10.6 Å². The molecule has 3 rings (SSSR count). The number of nitrogens with one attached hydrogen (secondary N) is 2. The molecule has 0 amide bonds. The van der Waals surface area contributed by atoms with Crippen molar-refractivity contribution in [3.63, 3.8) is 0 Å². The summed E-state index contributed by atoms with van der Waals surface area (Å²) in [5, 5.41) is 11.1. The standard InChI is InChI=1S/C19H26F2N6/c1-4-22-19(23-10-13-9-14(20)5-7-16(13)21)24-15-6-8-17-25-18(12(2)3)26-27(17)11-15/h5,7,9,12,15H,4,6,8,10-11H2,1-3H3,(H2,22,23,24). The van der Waals surface area contributed by atoms with Crippen LogP contribution in [0.4, 0.5) is 8.78 Å². The minimum absolute atomic E-state index is 0.0672. The second-order valence-corrected chi connectivity index (χ2v) is 7.03. The molecule has 0 bridgehead atoms. The van der Waals surface area contributed by atoms with Gasteiger partial charge in [0.15, 0.2) is 11.8 Å². The Morgan fingerprint density at radius 2 is 2.19 bits per heavy atom. The molecular formula is C19H26F2N6. The van der Waals surface area contributed by atoms with Gasteiger partial charge in [-0.2, -0.15) is 5.10 Å². The summed E-state index contributed by atoms with van der Waals surface area (Å²) in [6.45, 7) is 7.57. The third-order valence-corrected chi connectivity index (χ3v) is 4.49. The Balaban J connectivity index is 1.68. The van der Waals surface area contributed by atoms with E-state index in [1.165, 1.54) is 6.07 Å². The molecule has 27 heavy (non-hydrogen) atoms. The van der Waals surface area contributed by atoms with Crippen molar-refractivity contribution < 1.29 is 8.78 Å². The van der Waals surface area contributed by atoms with Crippen molar-refractivity contribution in [1.82, 2.24) is 25.4 Å². The molecule has 1 atom stereocenters. The minimum atomic E-state index is -0.466. The molecule has 1 aromatic heterocycles. The predicted octanol–water partition coefficient (Wildman–Crippen LogP) is 2.75. The van der Waals surface area contributed by atoms with Gasteiger partial charge in [0.05, 0.1) is 13.1 Å². The molecule has 146 valence electrons. The van der Waals surface area contributed by atoms with Crippen LogP contribution in [0.1, 0.15) is 50.3 Å². The van der Waals surface area contributed by atoms with Crippen LogP contribution >= 0.6 is 0 Å². The lowest BCUT2D eigenvalue weighted by atomic mass is 10.1. The van der Waals surface area contributed by atoms with Crippen LogP contribution in [-0.4, -0.2) is 33.3 Å². The second-order valence-electron chi connectivity index (χ2n) is 7.03. The predicted molar refractivity (Wildman–Crippen MR) is 101 cm³/mol. The van der Waals surface area contributed by atoms with Crippen molar-refractivity contribution in [2.75, 3.05) is 6.54 Å². The van der Waals surface area contributed by atoms with E-state index in [0.717, 1.165) is 36.6 Å². The number of guanidine groups is 1. The Morgan fingerprint density at radius 3 is 2.93 bits per heavy atom. The van der Waals surface area contributed by atoms with Gasteiger partial charge >= 0.3 is 0 Å². The molecule has 0 radical (unpaired) electrons. The van der Waals surface area contributed by atoms with Crippen LogP contribution in [0.25, 0.3) is 0 Å². The SMILES string of the molecule is CCNC(=NCc1cc(F)ccc1F)NC1CCc2nc(C(C)C)nn2C1. The highest BCUT2D eigenvalue weighted by Crippen LogP contribution is 2.17. The average molecular weight is 376 g/mol. The smallest absolute Gasteiger partial charge is 0.191 e. The van der Waals surface area contributed by atoms with Crippen LogP contribution in [-0.2, 0) is 19.5 Å². The molecule has 1 aliphatic rings. The van der Waals surface area contributed by atoms with Gasteiger partial charge in [0.2, 0.25) is 0 Å². The van der Waals surface area contributed by atoms with Gasteiger partial charge in [0.1, 0.15) is 17.5 Å². The van der Waals surface area contributed by atoms with E-state index in [2.05, 4.69) is 39.6 Å². The molecule has 0 saturated heterocycles. The van der Waals surface area contributed by atoms with Gasteiger partial charge in [0.25, 0.3) is 0 Å². The van der Waals surface area contributed by atoms with Gasteiger partial charge in [0, 0.05) is 30.5 Å². The maximum atomic E-state index is 13.8. The Morgan fingerprint density at radius 1 is 1.37 bits per heavy atom. The fourth-order valence-electron chi connectivity index (χ4n) is 3.03. The first-order chi connectivity index (χ1) is 13.0. The van der Waals surface area contributed by atoms with Crippen LogP contribution < -0.4 is 10.6 Å². The third kappa shape index (κ3) is 4.81. The van der Waals surface area contributed by atoms with Gasteiger partial charge in [-0.3, -0.25) is 0 Å². The molecule has 1 aromatic carbocycles. The van der Waals surface area contributed by atoms with Crippen LogP contribution in [0.5, 0.6) is 0 Å². The Bertz CT molecular complexity index is 815. The first kappa shape index (κ1) is 19.3. The third-order valence-electron chi connectivity index (χ3n) is 4.49. The van der Waals surface area contributed by atoms with E-state index in [1.54, 1.807) is 0 Å². The molecule has 1 unspecified atom stereocenters. The molecule has 0 saturated carbocycles. The zero-order chi connectivity index (χ0) is 19.4. The zero-order valence-electron chi connectivity index (χ0n) is 16.0. The van der Waals surface area contributed by atoms with Crippen molar-refractivity contribution in [2.24, 2.45) is 4.99 Å². The summed E-state index contributed by atoms with van der Waals surface area (Å²) in [6.07, 6.45) is 1.75. The first-order valence-electron chi connectivity index (χ1n) is 9.38. The average Bonchev–Trinajstić information content (AvgIpc) is 3.06. The topological polar surface area (TPSA) is 67.1 Å². The van der Waals surface area contributed by atoms with E-state index in [-0.39, 0.29) is 18.2 Å². The Hall–Kier alpha value is -2.51. The summed E-state index contributed by atoms with van der Waals surface area (Å²) in [5.74, 6) is 1.84. The first-order valence-corrected chi connectivity index (χ1v) is 9.38. The van der Waals surface area contributed by atoms with E-state index < -0.39 is 11.6 Å². The molecule has 0 aliphatic carbocycles. The van der Waals surface area contributed by atoms with Gasteiger partial charge in [-0.05, 0) is 31.5 Å². The highest BCUT2D eigenvalue weighted by Gasteiger charge is 2.23. The van der Waals surface area contributed by atoms with Crippen LogP contribution in [0.3, 0.4) is 0 Å². The van der Waals surface area contributed by atoms with E-state index in [4.69, 9.17) is 0 Å². The summed E-state index contributed by atoms with van der Waals surface area (Å²) in [6, 6.07) is 3.56. The molecule has 0 spiro atoms. The number of hydrogen-bond donors (Lipinski definition) is 2. The van der Waals surface area contributed by atoms with Crippen molar-refractivity contribution in [2.45, 2.75) is 58.7 Å². The lowest BCUT2D eigenvalue weighted by molar-refractivity contribution is 0.391. The fourth-order valence-corrected chi connectivity index (χ4v) is 3.03. The number of fused-ring (bicyclic) bond motifs is 1. The number of aromatic nitrogens is 3. The van der Waals surface area contributed by atoms with Gasteiger partial charge in [-0.1, -0.05) is 13.8 Å². The summed E-state index contributed by atoms with van der Waals surface area (Å²) < 4.78 is 29.1. The number of hydrogen-bond acceptors (Lipinski definition) is 3. The quantitative estimate of drug-likeness (QED) is 0.622. The lowest BCUT2D eigenvalue weighted by Crippen LogP contribution is -2.47. The Labute approximate surface area is 158 Å². The number of benzene rings is 1. The summed E-state index contributed by atoms with van der Waals surface area (Å²) in [4.78, 5) is 9.01. The highest BCUT2D eigenvalue weighted by molar-refractivity contribution is 5.80. The molecule has 2 aromatic rings. The van der Waals surface area contributed by atoms with Gasteiger partial charge in [-0.15, -0.1) is 0 Å². The van der Waals surface area contributed by atoms with Crippen molar-refractivity contribution in [1.29, 1.82) is 0 Å². The van der Waals surface area contributed by atoms with E-state index in [9.17, 15) is 8.78 Å². The lowest BCUT2D eigenvalue weighted by Gasteiger charge is -2.25. The van der Waals surface area contributed by atoms with E-state index >= 15 is 0 Å². The fraction of sp³-hybridized carbons (Fsp3) is 0.526. The molecule has 8 heteroatoms. The van der Waals surface area contributed by atoms with Gasteiger partial charge in [-0.25, -0.2) is 23.4 Å². The zero-order valence-corrected chi connectivity index (χ0v) is 16.0. The van der Waals surface area contributed by atoms with Crippen LogP contribution in [0.2, 0.25) is 0 Å². The number of aliphatic imine (C=N–C) groups is 1. The second kappa shape index (κ2) is 8.45. The maximum Gasteiger partial charge on any atom is 0.191 e. The molecule has 2 N–H and O–H groups in total. The summed E-state index contributed by atoms with van der Waals surface area (Å²) in [5.41, 5.74) is 0.232. The number of nitrogens with zero attached hydrogens (tertiary/aromatic N) is 4.